The van der Waals surface area contributed by atoms with Crippen molar-refractivity contribution in [3.05, 3.63) is 67.9 Å². The zero-order valence-electron chi connectivity index (χ0n) is 18.7. The molecule has 3 aliphatic rings. The molecule has 1 saturated heterocycles. The molecule has 5 nitrogen and oxygen atoms in total. The number of hydrogen-bond acceptors (Lipinski definition) is 4. The largest absolute Gasteiger partial charge is 0.400 e. The van der Waals surface area contributed by atoms with E-state index in [1.807, 2.05) is 0 Å². The van der Waals surface area contributed by atoms with Gasteiger partial charge >= 0.3 is 6.18 Å². The number of carbonyl (C=O) groups excluding carboxylic acids is 1. The van der Waals surface area contributed by atoms with Gasteiger partial charge in [0.25, 0.3) is 5.91 Å². The number of fused-ring (bicyclic) bond motifs is 1. The van der Waals surface area contributed by atoms with Gasteiger partial charge in [-0.2, -0.15) is 13.2 Å². The standard InChI is InChI=1S/C24H20Cl2F4N2O3S/c25-18-6-12(7-19(26)21(18)27)23(24(28,29)30)8-20(31-11-23)16-4-5-17(15-3-1-2-14(15)16)22(33)32-13-9-36(34,35)10-13/h4-7,13H,1-3,8-11H2,(H,32,33). The van der Waals surface area contributed by atoms with Crippen molar-refractivity contribution in [1.29, 1.82) is 0 Å². The van der Waals surface area contributed by atoms with Crippen LogP contribution in [0.15, 0.2) is 29.3 Å². The minimum absolute atomic E-state index is 0.104. The Hall–Kier alpha value is -2.17. The number of aliphatic imine (C=N–C) groups is 1. The van der Waals surface area contributed by atoms with Crippen molar-refractivity contribution in [2.75, 3.05) is 18.1 Å². The maximum Gasteiger partial charge on any atom is 0.400 e. The number of hydrogen-bond donors (Lipinski definition) is 1. The Morgan fingerprint density at radius 3 is 2.33 bits per heavy atom. The summed E-state index contributed by atoms with van der Waals surface area (Å²) < 4.78 is 80.1. The second kappa shape index (κ2) is 8.70. The molecule has 1 fully saturated rings. The third kappa shape index (κ3) is 4.20. The lowest BCUT2D eigenvalue weighted by Gasteiger charge is -2.32. The van der Waals surface area contributed by atoms with Crippen LogP contribution >= 0.6 is 23.2 Å². The summed E-state index contributed by atoms with van der Waals surface area (Å²) in [4.78, 5) is 17.1. The third-order valence-electron chi connectivity index (χ3n) is 7.17. The highest BCUT2D eigenvalue weighted by Crippen LogP contribution is 2.49. The van der Waals surface area contributed by atoms with E-state index in [-0.39, 0.29) is 22.8 Å². The van der Waals surface area contributed by atoms with Crippen LogP contribution in [0.3, 0.4) is 0 Å². The van der Waals surface area contributed by atoms with Crippen molar-refractivity contribution in [2.45, 2.75) is 43.3 Å². The lowest BCUT2D eigenvalue weighted by atomic mass is 9.76. The van der Waals surface area contributed by atoms with Crippen molar-refractivity contribution in [1.82, 2.24) is 5.32 Å². The Morgan fingerprint density at radius 1 is 1.08 bits per heavy atom. The Balaban J connectivity index is 1.47. The van der Waals surface area contributed by atoms with E-state index < -0.39 is 62.2 Å². The molecule has 5 rings (SSSR count). The molecule has 2 heterocycles. The van der Waals surface area contributed by atoms with Gasteiger partial charge in [-0.3, -0.25) is 9.79 Å². The van der Waals surface area contributed by atoms with Gasteiger partial charge in [0.2, 0.25) is 0 Å². The number of halogens is 6. The van der Waals surface area contributed by atoms with E-state index in [0.717, 1.165) is 29.7 Å². The van der Waals surface area contributed by atoms with Crippen molar-refractivity contribution in [3.63, 3.8) is 0 Å². The van der Waals surface area contributed by atoms with Crippen LogP contribution in [0.25, 0.3) is 0 Å². The quantitative estimate of drug-likeness (QED) is 0.428. The van der Waals surface area contributed by atoms with Crippen molar-refractivity contribution >= 4 is 44.7 Å². The first-order valence-corrected chi connectivity index (χ1v) is 13.8. The Kier molecular flexibility index (Phi) is 6.16. The molecule has 0 bridgehead atoms. The molecule has 1 N–H and O–H groups in total. The topological polar surface area (TPSA) is 75.6 Å². The van der Waals surface area contributed by atoms with Gasteiger partial charge in [0.15, 0.2) is 15.7 Å². The zero-order chi connectivity index (χ0) is 26.0. The maximum atomic E-state index is 14.5. The summed E-state index contributed by atoms with van der Waals surface area (Å²) in [6.45, 7) is -0.600. The van der Waals surface area contributed by atoms with Gasteiger partial charge in [-0.1, -0.05) is 29.3 Å². The molecular formula is C24H20Cl2F4N2O3S. The lowest BCUT2D eigenvalue weighted by Crippen LogP contribution is -2.53. The lowest BCUT2D eigenvalue weighted by molar-refractivity contribution is -0.183. The molecule has 1 amide bonds. The molecule has 0 radical (unpaired) electrons. The van der Waals surface area contributed by atoms with E-state index in [1.54, 1.807) is 12.1 Å². The number of sulfone groups is 1. The smallest absolute Gasteiger partial charge is 0.347 e. The van der Waals surface area contributed by atoms with Crippen LogP contribution in [-0.2, 0) is 28.1 Å². The molecule has 0 spiro atoms. The normalized spacial score (nSPS) is 23.2. The van der Waals surface area contributed by atoms with Crippen molar-refractivity contribution < 1.29 is 30.8 Å². The van der Waals surface area contributed by atoms with Crippen LogP contribution < -0.4 is 5.32 Å². The number of benzene rings is 2. The Bertz CT molecular complexity index is 1390. The number of nitrogens with zero attached hydrogens (tertiary/aromatic N) is 1. The molecular weight excluding hydrogens is 543 g/mol. The maximum absolute atomic E-state index is 14.5. The highest BCUT2D eigenvalue weighted by molar-refractivity contribution is 7.92. The second-order valence-corrected chi connectivity index (χ2v) is 12.5. The van der Waals surface area contributed by atoms with Gasteiger partial charge < -0.3 is 5.32 Å². The van der Waals surface area contributed by atoms with Crippen LogP contribution in [0.2, 0.25) is 10.0 Å². The summed E-state index contributed by atoms with van der Waals surface area (Å²) in [7, 11) is -3.10. The molecule has 12 heteroatoms. The second-order valence-electron chi connectivity index (χ2n) is 9.49. The average Bonchev–Trinajstić information content (AvgIpc) is 3.43. The zero-order valence-corrected chi connectivity index (χ0v) is 21.0. The van der Waals surface area contributed by atoms with Gasteiger partial charge in [0, 0.05) is 17.7 Å². The summed E-state index contributed by atoms with van der Waals surface area (Å²) in [5, 5.41) is 1.73. The number of carbonyl (C=O) groups is 1. The minimum atomic E-state index is -4.71. The van der Waals surface area contributed by atoms with Crippen molar-refractivity contribution in [2.24, 2.45) is 4.99 Å². The summed E-state index contributed by atoms with van der Waals surface area (Å²) in [6.07, 6.45) is -3.31. The molecule has 0 aromatic heterocycles. The minimum Gasteiger partial charge on any atom is -0.347 e. The predicted molar refractivity (Wildman–Crippen MR) is 129 cm³/mol. The van der Waals surface area contributed by atoms with Gasteiger partial charge in [-0.15, -0.1) is 0 Å². The van der Waals surface area contributed by atoms with E-state index in [2.05, 4.69) is 10.3 Å². The number of amides is 1. The SMILES string of the molecule is O=C(NC1CS(=O)(=O)C1)c1ccc(C2=NCC(c3cc(Cl)c(F)c(Cl)c3)(C(F)(F)F)C2)c2c1CCC2. The van der Waals surface area contributed by atoms with Gasteiger partial charge in [-0.25, -0.2) is 12.8 Å². The molecule has 1 unspecified atom stereocenters. The summed E-state index contributed by atoms with van der Waals surface area (Å²) in [6, 6.07) is 4.62. The van der Waals surface area contributed by atoms with Crippen LogP contribution in [0.1, 0.15) is 45.5 Å². The highest BCUT2D eigenvalue weighted by Gasteiger charge is 2.59. The van der Waals surface area contributed by atoms with Crippen LogP contribution in [-0.4, -0.2) is 50.3 Å². The fourth-order valence-electron chi connectivity index (χ4n) is 5.29. The molecule has 1 aliphatic carbocycles. The molecule has 2 aliphatic heterocycles. The first kappa shape index (κ1) is 25.5. The van der Waals surface area contributed by atoms with Gasteiger partial charge in [0.05, 0.1) is 34.1 Å². The first-order valence-electron chi connectivity index (χ1n) is 11.2. The molecule has 0 saturated carbocycles. The van der Waals surface area contributed by atoms with Crippen molar-refractivity contribution in [3.8, 4) is 0 Å². The third-order valence-corrected chi connectivity index (χ3v) is 9.54. The average molecular weight is 563 g/mol. The van der Waals surface area contributed by atoms with E-state index in [9.17, 15) is 30.8 Å². The molecule has 36 heavy (non-hydrogen) atoms. The summed E-state index contributed by atoms with van der Waals surface area (Å²) in [5.41, 5.74) is 0.0417. The van der Waals surface area contributed by atoms with E-state index in [4.69, 9.17) is 23.2 Å². The highest BCUT2D eigenvalue weighted by atomic mass is 35.5. The van der Waals surface area contributed by atoms with Gasteiger partial charge in [0.1, 0.15) is 5.41 Å². The summed E-state index contributed by atoms with van der Waals surface area (Å²) >= 11 is 11.6. The van der Waals surface area contributed by atoms with Gasteiger partial charge in [-0.05, 0) is 59.7 Å². The molecule has 192 valence electrons. The fourth-order valence-corrected chi connectivity index (χ4v) is 7.07. The van der Waals surface area contributed by atoms with Crippen LogP contribution in [0.4, 0.5) is 17.6 Å². The number of rotatable bonds is 4. The molecule has 2 aromatic carbocycles. The first-order chi connectivity index (χ1) is 16.8. The van der Waals surface area contributed by atoms with E-state index >= 15 is 0 Å². The fraction of sp³-hybridized carbons (Fsp3) is 0.417. The Morgan fingerprint density at radius 2 is 1.72 bits per heavy atom. The predicted octanol–water partition coefficient (Wildman–Crippen LogP) is 4.84. The Labute approximate surface area is 214 Å². The molecule has 1 atom stereocenters. The number of alkyl halides is 3. The van der Waals surface area contributed by atoms with E-state index in [1.165, 1.54) is 0 Å². The van der Waals surface area contributed by atoms with Crippen LogP contribution in [0.5, 0.6) is 0 Å². The number of nitrogens with one attached hydrogen (secondary N) is 1. The van der Waals surface area contributed by atoms with E-state index in [0.29, 0.717) is 24.0 Å². The van der Waals surface area contributed by atoms with Crippen LogP contribution in [0, 0.1) is 5.82 Å². The molecule has 2 aromatic rings. The monoisotopic (exact) mass is 562 g/mol. The summed E-state index contributed by atoms with van der Waals surface area (Å²) in [5.74, 6) is -1.59.